The maximum atomic E-state index is 12.9. The van der Waals surface area contributed by atoms with Crippen molar-refractivity contribution in [3.63, 3.8) is 0 Å². The first-order valence-corrected chi connectivity index (χ1v) is 9.92. The van der Waals surface area contributed by atoms with Crippen LogP contribution in [0.15, 0.2) is 90.2 Å². The average Bonchev–Trinajstić information content (AvgIpc) is 2.75. The Morgan fingerprint density at radius 2 is 1.61 bits per heavy atom. The van der Waals surface area contributed by atoms with Gasteiger partial charge < -0.3 is 5.32 Å². The van der Waals surface area contributed by atoms with Crippen LogP contribution in [0.2, 0.25) is 0 Å². The lowest BCUT2D eigenvalue weighted by atomic mass is 10.0. The second-order valence-electron chi connectivity index (χ2n) is 6.36. The predicted molar refractivity (Wildman–Crippen MR) is 115 cm³/mol. The van der Waals surface area contributed by atoms with E-state index in [9.17, 15) is 4.79 Å². The normalized spacial score (nSPS) is 11.9. The molecule has 1 N–H and O–H groups in total. The summed E-state index contributed by atoms with van der Waals surface area (Å²) in [5, 5.41) is 4.54. The number of fused-ring (bicyclic) bond motifs is 1. The highest BCUT2D eigenvalue weighted by atomic mass is 32.2. The van der Waals surface area contributed by atoms with Crippen LogP contribution < -0.4 is 5.32 Å². The number of para-hydroxylation sites is 2. The summed E-state index contributed by atoms with van der Waals surface area (Å²) in [6.07, 6.45) is 1.54. The number of carbonyl (C=O) groups is 1. The summed E-state index contributed by atoms with van der Waals surface area (Å²) in [5.41, 5.74) is 3.75. The molecule has 0 aliphatic heterocycles. The van der Waals surface area contributed by atoms with Crippen molar-refractivity contribution in [3.8, 4) is 11.1 Å². The van der Waals surface area contributed by atoms with E-state index in [1.165, 1.54) is 11.8 Å². The number of rotatable bonds is 5. The zero-order valence-corrected chi connectivity index (χ0v) is 16.2. The lowest BCUT2D eigenvalue weighted by Gasteiger charge is -2.15. The minimum atomic E-state index is -0.304. The molecule has 4 nitrogen and oxygen atoms in total. The van der Waals surface area contributed by atoms with Gasteiger partial charge in [0.05, 0.1) is 10.8 Å². The molecule has 4 rings (SSSR count). The third-order valence-corrected chi connectivity index (χ3v) is 5.55. The molecule has 1 heterocycles. The van der Waals surface area contributed by atoms with E-state index in [0.29, 0.717) is 0 Å². The van der Waals surface area contributed by atoms with E-state index in [-0.39, 0.29) is 11.2 Å². The van der Waals surface area contributed by atoms with Crippen LogP contribution in [0.25, 0.3) is 22.0 Å². The first kappa shape index (κ1) is 18.2. The van der Waals surface area contributed by atoms with Gasteiger partial charge in [0.2, 0.25) is 5.91 Å². The molecule has 28 heavy (non-hydrogen) atoms. The number of thioether (sulfide) groups is 1. The van der Waals surface area contributed by atoms with Gasteiger partial charge in [-0.3, -0.25) is 4.79 Å². The number of nitrogens with one attached hydrogen (secondary N) is 1. The Morgan fingerprint density at radius 1 is 0.893 bits per heavy atom. The Kier molecular flexibility index (Phi) is 5.35. The van der Waals surface area contributed by atoms with E-state index in [1.54, 1.807) is 6.33 Å². The molecule has 1 atom stereocenters. The van der Waals surface area contributed by atoms with E-state index in [2.05, 4.69) is 15.3 Å². The van der Waals surface area contributed by atoms with Crippen LogP contribution in [0.3, 0.4) is 0 Å². The van der Waals surface area contributed by atoms with Gasteiger partial charge in [0.1, 0.15) is 11.4 Å². The minimum absolute atomic E-state index is 0.0592. The highest BCUT2D eigenvalue weighted by Crippen LogP contribution is 2.31. The zero-order valence-electron chi connectivity index (χ0n) is 15.4. The van der Waals surface area contributed by atoms with Crippen molar-refractivity contribution in [1.29, 1.82) is 0 Å². The molecule has 1 amide bonds. The van der Waals surface area contributed by atoms with E-state index in [0.717, 1.165) is 32.7 Å². The van der Waals surface area contributed by atoms with E-state index in [1.807, 2.05) is 85.8 Å². The Bertz CT molecular complexity index is 1110. The van der Waals surface area contributed by atoms with Crippen molar-refractivity contribution in [2.45, 2.75) is 17.2 Å². The molecule has 0 aliphatic rings. The lowest BCUT2D eigenvalue weighted by molar-refractivity contribution is -0.115. The summed E-state index contributed by atoms with van der Waals surface area (Å²) in [6, 6.07) is 25.7. The second-order valence-corrected chi connectivity index (χ2v) is 7.69. The molecule has 138 valence electrons. The molecular weight excluding hydrogens is 366 g/mol. The molecule has 0 spiro atoms. The monoisotopic (exact) mass is 385 g/mol. The fourth-order valence-corrected chi connectivity index (χ4v) is 3.90. The first-order chi connectivity index (χ1) is 13.7. The summed E-state index contributed by atoms with van der Waals surface area (Å²) >= 11 is 1.44. The van der Waals surface area contributed by atoms with Gasteiger partial charge in [-0.05, 0) is 24.6 Å². The van der Waals surface area contributed by atoms with Crippen molar-refractivity contribution in [2.75, 3.05) is 5.32 Å². The molecule has 3 aromatic carbocycles. The molecule has 1 aromatic heterocycles. The molecule has 0 unspecified atom stereocenters. The molecule has 0 saturated heterocycles. The van der Waals surface area contributed by atoms with Crippen molar-refractivity contribution >= 4 is 34.3 Å². The quantitative estimate of drug-likeness (QED) is 0.368. The van der Waals surface area contributed by atoms with E-state index < -0.39 is 0 Å². The summed E-state index contributed by atoms with van der Waals surface area (Å²) < 4.78 is 0. The maximum Gasteiger partial charge on any atom is 0.237 e. The van der Waals surface area contributed by atoms with Gasteiger partial charge in [-0.15, -0.1) is 0 Å². The highest BCUT2D eigenvalue weighted by molar-refractivity contribution is 8.00. The summed E-state index contributed by atoms with van der Waals surface area (Å²) in [6.45, 7) is 1.89. The molecule has 4 aromatic rings. The highest BCUT2D eigenvalue weighted by Gasteiger charge is 2.18. The third kappa shape index (κ3) is 3.89. The lowest BCUT2D eigenvalue weighted by Crippen LogP contribution is -2.22. The molecule has 0 aliphatic carbocycles. The summed E-state index contributed by atoms with van der Waals surface area (Å²) in [5.74, 6) is -0.0592. The van der Waals surface area contributed by atoms with Gasteiger partial charge in [-0.2, -0.15) is 0 Å². The third-order valence-electron chi connectivity index (χ3n) is 4.43. The molecule has 0 radical (unpaired) electrons. The van der Waals surface area contributed by atoms with Crippen molar-refractivity contribution in [3.05, 3.63) is 85.2 Å². The number of hydrogen-bond donors (Lipinski definition) is 1. The van der Waals surface area contributed by atoms with Crippen molar-refractivity contribution in [2.24, 2.45) is 0 Å². The Balaban J connectivity index is 1.54. The van der Waals surface area contributed by atoms with Gasteiger partial charge in [-0.1, -0.05) is 78.5 Å². The number of nitrogens with zero attached hydrogens (tertiary/aromatic N) is 2. The van der Waals surface area contributed by atoms with Crippen LogP contribution >= 0.6 is 11.8 Å². The van der Waals surface area contributed by atoms with Crippen molar-refractivity contribution < 1.29 is 4.79 Å². The average molecular weight is 385 g/mol. The molecule has 0 fully saturated rings. The summed E-state index contributed by atoms with van der Waals surface area (Å²) in [7, 11) is 0. The molecule has 0 bridgehead atoms. The summed E-state index contributed by atoms with van der Waals surface area (Å²) in [4.78, 5) is 21.5. The van der Waals surface area contributed by atoms with Crippen LogP contribution in [0.1, 0.15) is 6.92 Å². The Hall–Kier alpha value is -3.18. The zero-order chi connectivity index (χ0) is 19.3. The van der Waals surface area contributed by atoms with Gasteiger partial charge in [0.15, 0.2) is 0 Å². The van der Waals surface area contributed by atoms with Crippen LogP contribution in [-0.2, 0) is 4.79 Å². The van der Waals surface area contributed by atoms with Crippen LogP contribution in [-0.4, -0.2) is 21.1 Å². The second kappa shape index (κ2) is 8.23. The molecule has 0 saturated carbocycles. The van der Waals surface area contributed by atoms with Gasteiger partial charge in [-0.25, -0.2) is 9.97 Å². The Labute approximate surface area is 168 Å². The number of carbonyl (C=O) groups excluding carboxylic acids is 1. The standard InChI is InChI=1S/C23H19N3OS/c1-16(28-23-19-12-6-7-13-20(19)24-15-25-23)22(27)26-21-14-8-5-11-18(21)17-9-3-2-4-10-17/h2-16H,1H3,(H,26,27)/t16-/m0/s1. The number of aromatic nitrogens is 2. The maximum absolute atomic E-state index is 12.9. The SMILES string of the molecule is C[C@H](Sc1ncnc2ccccc12)C(=O)Nc1ccccc1-c1ccccc1. The van der Waals surface area contributed by atoms with E-state index >= 15 is 0 Å². The minimum Gasteiger partial charge on any atom is -0.325 e. The topological polar surface area (TPSA) is 54.9 Å². The number of amides is 1. The Morgan fingerprint density at radius 3 is 2.46 bits per heavy atom. The number of anilines is 1. The largest absolute Gasteiger partial charge is 0.325 e. The molecule has 5 heteroatoms. The number of hydrogen-bond acceptors (Lipinski definition) is 4. The van der Waals surface area contributed by atoms with E-state index in [4.69, 9.17) is 0 Å². The van der Waals surface area contributed by atoms with Crippen molar-refractivity contribution in [1.82, 2.24) is 9.97 Å². The van der Waals surface area contributed by atoms with Crippen LogP contribution in [0, 0.1) is 0 Å². The smallest absolute Gasteiger partial charge is 0.237 e. The number of benzene rings is 3. The van der Waals surface area contributed by atoms with Crippen LogP contribution in [0.4, 0.5) is 5.69 Å². The predicted octanol–water partition coefficient (Wildman–Crippen LogP) is 5.42. The van der Waals surface area contributed by atoms with Crippen LogP contribution in [0.5, 0.6) is 0 Å². The first-order valence-electron chi connectivity index (χ1n) is 9.04. The van der Waals surface area contributed by atoms with Gasteiger partial charge in [0, 0.05) is 16.6 Å². The van der Waals surface area contributed by atoms with Gasteiger partial charge in [0.25, 0.3) is 0 Å². The fourth-order valence-electron chi connectivity index (χ4n) is 2.99. The molecular formula is C23H19N3OS. The van der Waals surface area contributed by atoms with Gasteiger partial charge >= 0.3 is 0 Å². The fraction of sp³-hybridized carbons (Fsp3) is 0.0870.